The van der Waals surface area contributed by atoms with Crippen LogP contribution < -0.4 is 10.5 Å². The number of aromatic nitrogens is 1. The van der Waals surface area contributed by atoms with Gasteiger partial charge in [-0.1, -0.05) is 13.0 Å². The van der Waals surface area contributed by atoms with Crippen molar-refractivity contribution in [3.63, 3.8) is 0 Å². The Balaban J connectivity index is 2.15. The second-order valence-corrected chi connectivity index (χ2v) is 6.66. The summed E-state index contributed by atoms with van der Waals surface area (Å²) in [5.41, 5.74) is 2.50. The van der Waals surface area contributed by atoms with E-state index in [2.05, 4.69) is 35.9 Å². The van der Waals surface area contributed by atoms with Crippen molar-refractivity contribution < 1.29 is 4.74 Å². The number of aryl methyl sites for hydroxylation is 1. The van der Waals surface area contributed by atoms with E-state index >= 15 is 0 Å². The van der Waals surface area contributed by atoms with Crippen molar-refractivity contribution in [2.75, 3.05) is 25.1 Å². The second kappa shape index (κ2) is 6.29. The van der Waals surface area contributed by atoms with Gasteiger partial charge in [-0.05, 0) is 43.9 Å². The van der Waals surface area contributed by atoms with Crippen molar-refractivity contribution in [1.29, 1.82) is 5.26 Å². The molecule has 0 amide bonds. The van der Waals surface area contributed by atoms with E-state index in [1.165, 1.54) is 5.56 Å². The predicted molar refractivity (Wildman–Crippen MR) is 95.5 cm³/mol. The summed E-state index contributed by atoms with van der Waals surface area (Å²) >= 11 is 0. The van der Waals surface area contributed by atoms with Gasteiger partial charge >= 0.3 is 0 Å². The summed E-state index contributed by atoms with van der Waals surface area (Å²) in [5, 5.41) is 10.5. The van der Waals surface area contributed by atoms with Gasteiger partial charge in [-0.3, -0.25) is 4.79 Å². The fraction of sp³-hybridized carbons (Fsp3) is 0.474. The highest BCUT2D eigenvalue weighted by molar-refractivity contribution is 5.95. The third-order valence-corrected chi connectivity index (χ3v) is 5.20. The number of nitriles is 1. The molecule has 1 aliphatic heterocycles. The van der Waals surface area contributed by atoms with E-state index in [0.717, 1.165) is 48.9 Å². The van der Waals surface area contributed by atoms with Crippen molar-refractivity contribution in [3.05, 3.63) is 39.7 Å². The van der Waals surface area contributed by atoms with E-state index in [0.29, 0.717) is 0 Å². The van der Waals surface area contributed by atoms with Gasteiger partial charge in [-0.25, -0.2) is 0 Å². The number of nitrogens with zero attached hydrogens (tertiary/aromatic N) is 2. The number of ether oxygens (including phenoxy) is 1. The Kier molecular flexibility index (Phi) is 4.33. The molecule has 1 saturated heterocycles. The van der Waals surface area contributed by atoms with Crippen molar-refractivity contribution in [2.45, 2.75) is 38.7 Å². The van der Waals surface area contributed by atoms with Crippen LogP contribution >= 0.6 is 0 Å². The molecule has 3 rings (SSSR count). The smallest absolute Gasteiger partial charge is 0.268 e. The Bertz CT molecular complexity index is 855. The number of methoxy groups -OCH3 is 1. The monoisotopic (exact) mass is 325 g/mol. The number of rotatable bonds is 3. The molecule has 0 radical (unpaired) electrons. The summed E-state index contributed by atoms with van der Waals surface area (Å²) in [6, 6.07) is 8.15. The van der Waals surface area contributed by atoms with Gasteiger partial charge in [0.2, 0.25) is 0 Å². The summed E-state index contributed by atoms with van der Waals surface area (Å²) < 4.78 is 5.61. The molecule has 0 atom stereocenters. The molecule has 1 aromatic heterocycles. The van der Waals surface area contributed by atoms with Crippen molar-refractivity contribution in [1.82, 2.24) is 4.98 Å². The van der Waals surface area contributed by atoms with Crippen LogP contribution in [0.5, 0.6) is 0 Å². The fourth-order valence-corrected chi connectivity index (χ4v) is 3.38. The highest BCUT2D eigenvalue weighted by Crippen LogP contribution is 2.33. The number of aromatic amines is 1. The quantitative estimate of drug-likeness (QED) is 0.942. The Morgan fingerprint density at radius 1 is 1.38 bits per heavy atom. The molecule has 0 bridgehead atoms. The standard InChI is InChI=1S/C19H23N3O2/c1-4-13-5-6-16-14(11-13)17(15(12-20)18(23)21-16)22-9-7-19(2,24-3)8-10-22/h5-6,11H,4,7-10H2,1-3H3,(H,21,23). The lowest BCUT2D eigenvalue weighted by atomic mass is 9.92. The van der Waals surface area contributed by atoms with Crippen LogP contribution in [-0.4, -0.2) is 30.8 Å². The largest absolute Gasteiger partial charge is 0.378 e. The number of pyridine rings is 1. The normalized spacial score (nSPS) is 17.0. The van der Waals surface area contributed by atoms with E-state index < -0.39 is 0 Å². The van der Waals surface area contributed by atoms with Crippen LogP contribution in [0.3, 0.4) is 0 Å². The minimum absolute atomic E-state index is 0.130. The van der Waals surface area contributed by atoms with E-state index in [1.807, 2.05) is 12.1 Å². The highest BCUT2D eigenvalue weighted by Gasteiger charge is 2.31. The van der Waals surface area contributed by atoms with Crippen LogP contribution in [0, 0.1) is 11.3 Å². The number of hydrogen-bond acceptors (Lipinski definition) is 4. The maximum absolute atomic E-state index is 12.3. The first-order chi connectivity index (χ1) is 11.5. The highest BCUT2D eigenvalue weighted by atomic mass is 16.5. The van der Waals surface area contributed by atoms with Crippen LogP contribution in [0.15, 0.2) is 23.0 Å². The van der Waals surface area contributed by atoms with Gasteiger partial charge in [-0.2, -0.15) is 5.26 Å². The maximum Gasteiger partial charge on any atom is 0.268 e. The first-order valence-corrected chi connectivity index (χ1v) is 8.40. The van der Waals surface area contributed by atoms with Crippen LogP contribution in [-0.2, 0) is 11.2 Å². The molecule has 5 heteroatoms. The Morgan fingerprint density at radius 2 is 2.08 bits per heavy atom. The molecule has 5 nitrogen and oxygen atoms in total. The lowest BCUT2D eigenvalue weighted by molar-refractivity contribution is -0.0132. The molecule has 1 fully saturated rings. The minimum atomic E-state index is -0.315. The number of piperidine rings is 1. The number of nitrogens with one attached hydrogen (secondary N) is 1. The van der Waals surface area contributed by atoms with E-state index in [9.17, 15) is 10.1 Å². The summed E-state index contributed by atoms with van der Waals surface area (Å²) in [6.07, 6.45) is 2.66. The zero-order valence-electron chi connectivity index (χ0n) is 14.5. The maximum atomic E-state index is 12.3. The van der Waals surface area contributed by atoms with E-state index in [-0.39, 0.29) is 16.7 Å². The summed E-state index contributed by atoms with van der Waals surface area (Å²) in [7, 11) is 1.74. The van der Waals surface area contributed by atoms with Crippen molar-refractivity contribution >= 4 is 16.6 Å². The number of hydrogen-bond donors (Lipinski definition) is 1. The fourth-order valence-electron chi connectivity index (χ4n) is 3.38. The molecular weight excluding hydrogens is 302 g/mol. The zero-order valence-corrected chi connectivity index (χ0v) is 14.5. The Hall–Kier alpha value is -2.32. The molecule has 2 aromatic rings. The van der Waals surface area contributed by atoms with Gasteiger partial charge in [0.05, 0.1) is 16.8 Å². The molecule has 0 aliphatic carbocycles. The Morgan fingerprint density at radius 3 is 2.67 bits per heavy atom. The minimum Gasteiger partial charge on any atom is -0.378 e. The summed E-state index contributed by atoms with van der Waals surface area (Å²) in [6.45, 7) is 5.76. The number of benzene rings is 1. The lowest BCUT2D eigenvalue weighted by Crippen LogP contribution is -2.44. The summed E-state index contributed by atoms with van der Waals surface area (Å²) in [5.74, 6) is 0. The molecule has 0 spiro atoms. The van der Waals surface area contributed by atoms with Crippen LogP contribution in [0.1, 0.15) is 37.8 Å². The van der Waals surface area contributed by atoms with Crippen LogP contribution in [0.25, 0.3) is 10.9 Å². The lowest BCUT2D eigenvalue weighted by Gasteiger charge is -2.40. The SMILES string of the molecule is CCc1ccc2[nH]c(=O)c(C#N)c(N3CCC(C)(OC)CC3)c2c1. The molecule has 126 valence electrons. The molecule has 0 saturated carbocycles. The van der Waals surface area contributed by atoms with E-state index in [1.54, 1.807) is 7.11 Å². The Labute approximate surface area is 141 Å². The third kappa shape index (κ3) is 2.78. The molecule has 0 unspecified atom stereocenters. The van der Waals surface area contributed by atoms with Crippen LogP contribution in [0.4, 0.5) is 5.69 Å². The predicted octanol–water partition coefficient (Wildman–Crippen LogP) is 2.97. The third-order valence-electron chi connectivity index (χ3n) is 5.20. The van der Waals surface area contributed by atoms with Gasteiger partial charge in [-0.15, -0.1) is 0 Å². The molecule has 1 aliphatic rings. The van der Waals surface area contributed by atoms with Gasteiger partial charge in [0, 0.05) is 25.6 Å². The van der Waals surface area contributed by atoms with Crippen LogP contribution in [0.2, 0.25) is 0 Å². The molecule has 2 heterocycles. The van der Waals surface area contributed by atoms with Gasteiger partial charge in [0.1, 0.15) is 11.6 Å². The van der Waals surface area contributed by atoms with E-state index in [4.69, 9.17) is 4.74 Å². The number of fused-ring (bicyclic) bond motifs is 1. The molecule has 24 heavy (non-hydrogen) atoms. The molecule has 1 aromatic carbocycles. The van der Waals surface area contributed by atoms with Gasteiger partial charge < -0.3 is 14.6 Å². The van der Waals surface area contributed by atoms with Crippen molar-refractivity contribution in [2.24, 2.45) is 0 Å². The first kappa shape index (κ1) is 16.5. The van der Waals surface area contributed by atoms with Gasteiger partial charge in [0.15, 0.2) is 0 Å². The van der Waals surface area contributed by atoms with Gasteiger partial charge in [0.25, 0.3) is 5.56 Å². The van der Waals surface area contributed by atoms with Crippen molar-refractivity contribution in [3.8, 4) is 6.07 Å². The molecular formula is C19H23N3O2. The average Bonchev–Trinajstić information content (AvgIpc) is 2.61. The molecule has 1 N–H and O–H groups in total. The average molecular weight is 325 g/mol. The summed E-state index contributed by atoms with van der Waals surface area (Å²) in [4.78, 5) is 17.3. The number of H-pyrrole nitrogens is 1. The zero-order chi connectivity index (χ0) is 17.3. The number of anilines is 1. The second-order valence-electron chi connectivity index (χ2n) is 6.66. The first-order valence-electron chi connectivity index (χ1n) is 8.40. The topological polar surface area (TPSA) is 69.1 Å².